The van der Waals surface area contributed by atoms with E-state index in [9.17, 15) is 0 Å². The van der Waals surface area contributed by atoms with Crippen LogP contribution in [0.5, 0.6) is 0 Å². The monoisotopic (exact) mass is 151 g/mol. The highest BCUT2D eigenvalue weighted by Gasteiger charge is 2.25. The topological polar surface area (TPSA) is 26.0 Å². The second-order valence-corrected chi connectivity index (χ2v) is 3.87. The molecule has 2 rings (SSSR count). The van der Waals surface area contributed by atoms with Crippen molar-refractivity contribution < 1.29 is 0 Å². The van der Waals surface area contributed by atoms with E-state index in [4.69, 9.17) is 5.73 Å². The fourth-order valence-corrected chi connectivity index (χ4v) is 2.48. The number of rotatable bonds is 0. The maximum absolute atomic E-state index is 6.02. The first-order valence-corrected chi connectivity index (χ1v) is 4.83. The lowest BCUT2D eigenvalue weighted by Gasteiger charge is -2.33. The van der Waals surface area contributed by atoms with E-state index in [1.54, 1.807) is 5.57 Å². The molecule has 62 valence electrons. The van der Waals surface area contributed by atoms with Gasteiger partial charge in [-0.1, -0.05) is 18.1 Å². The van der Waals surface area contributed by atoms with Crippen molar-refractivity contribution in [1.29, 1.82) is 0 Å². The summed E-state index contributed by atoms with van der Waals surface area (Å²) in [5.41, 5.74) is 7.61. The maximum atomic E-state index is 6.02. The minimum Gasteiger partial charge on any atom is -0.324 e. The zero-order chi connectivity index (χ0) is 7.68. The third-order valence-electron chi connectivity index (χ3n) is 3.10. The summed E-state index contributed by atoms with van der Waals surface area (Å²) in [6.07, 6.45) is 10.4. The molecule has 2 aliphatic carbocycles. The van der Waals surface area contributed by atoms with Gasteiger partial charge in [-0.15, -0.1) is 0 Å². The van der Waals surface area contributed by atoms with Crippen molar-refractivity contribution in [3.63, 3.8) is 0 Å². The summed E-state index contributed by atoms with van der Waals surface area (Å²) < 4.78 is 0. The molecule has 0 radical (unpaired) electrons. The Balaban J connectivity index is 2.14. The van der Waals surface area contributed by atoms with E-state index in [0.29, 0.717) is 6.04 Å². The molecule has 11 heavy (non-hydrogen) atoms. The van der Waals surface area contributed by atoms with Crippen LogP contribution in [0.15, 0.2) is 11.6 Å². The molecule has 2 N–H and O–H groups in total. The molecule has 1 heteroatoms. The Morgan fingerprint density at radius 2 is 2.00 bits per heavy atom. The highest BCUT2D eigenvalue weighted by Crippen LogP contribution is 2.35. The summed E-state index contributed by atoms with van der Waals surface area (Å²) in [5, 5.41) is 0. The van der Waals surface area contributed by atoms with Gasteiger partial charge in [0.15, 0.2) is 0 Å². The van der Waals surface area contributed by atoms with Crippen molar-refractivity contribution in [2.75, 3.05) is 0 Å². The van der Waals surface area contributed by atoms with Crippen molar-refractivity contribution in [2.45, 2.75) is 44.6 Å². The van der Waals surface area contributed by atoms with Crippen LogP contribution in [0, 0.1) is 5.92 Å². The summed E-state index contributed by atoms with van der Waals surface area (Å²) >= 11 is 0. The Morgan fingerprint density at radius 3 is 2.82 bits per heavy atom. The highest BCUT2D eigenvalue weighted by molar-refractivity contribution is 5.18. The van der Waals surface area contributed by atoms with Crippen LogP contribution < -0.4 is 5.73 Å². The fourth-order valence-electron chi connectivity index (χ4n) is 2.48. The van der Waals surface area contributed by atoms with Crippen LogP contribution >= 0.6 is 0 Å². The first-order chi connectivity index (χ1) is 5.38. The molecule has 0 aliphatic heterocycles. The van der Waals surface area contributed by atoms with Gasteiger partial charge in [0, 0.05) is 6.04 Å². The number of allylic oxidation sites excluding steroid dienone is 1. The van der Waals surface area contributed by atoms with Gasteiger partial charge in [-0.25, -0.2) is 0 Å². The standard InChI is InChI=1S/C10H17N/c11-10-7-3-5-8-4-1-2-6-9(8)10/h6,8,10H,1-5,7,11H2/t8-,10+/m1/s1. The number of nitrogens with two attached hydrogens (primary N) is 1. The molecule has 1 nitrogen and oxygen atoms in total. The van der Waals surface area contributed by atoms with Crippen molar-refractivity contribution >= 4 is 0 Å². The van der Waals surface area contributed by atoms with Crippen molar-refractivity contribution in [3.8, 4) is 0 Å². The van der Waals surface area contributed by atoms with E-state index >= 15 is 0 Å². The van der Waals surface area contributed by atoms with Gasteiger partial charge in [-0.3, -0.25) is 0 Å². The molecule has 2 aliphatic rings. The molecular weight excluding hydrogens is 134 g/mol. The lowest BCUT2D eigenvalue weighted by molar-refractivity contribution is 0.376. The predicted molar refractivity (Wildman–Crippen MR) is 47.3 cm³/mol. The summed E-state index contributed by atoms with van der Waals surface area (Å²) in [4.78, 5) is 0. The smallest absolute Gasteiger partial charge is 0.0256 e. The molecule has 0 heterocycles. The molecule has 1 fully saturated rings. The molecule has 0 aromatic rings. The molecule has 0 unspecified atom stereocenters. The lowest BCUT2D eigenvalue weighted by Crippen LogP contribution is -2.32. The van der Waals surface area contributed by atoms with Gasteiger partial charge in [0.1, 0.15) is 0 Å². The summed E-state index contributed by atoms with van der Waals surface area (Å²) in [6, 6.07) is 0.411. The summed E-state index contributed by atoms with van der Waals surface area (Å²) in [6.45, 7) is 0. The van der Waals surface area contributed by atoms with E-state index in [-0.39, 0.29) is 0 Å². The van der Waals surface area contributed by atoms with Gasteiger partial charge < -0.3 is 5.73 Å². The van der Waals surface area contributed by atoms with Gasteiger partial charge in [-0.05, 0) is 38.0 Å². The normalized spacial score (nSPS) is 37.7. The Hall–Kier alpha value is -0.300. The van der Waals surface area contributed by atoms with Gasteiger partial charge in [-0.2, -0.15) is 0 Å². The minimum atomic E-state index is 0.411. The average molecular weight is 151 g/mol. The Kier molecular flexibility index (Phi) is 1.99. The fraction of sp³-hybridized carbons (Fsp3) is 0.800. The minimum absolute atomic E-state index is 0.411. The van der Waals surface area contributed by atoms with Gasteiger partial charge in [0.2, 0.25) is 0 Å². The van der Waals surface area contributed by atoms with Crippen molar-refractivity contribution in [2.24, 2.45) is 11.7 Å². The molecule has 0 saturated heterocycles. The summed E-state index contributed by atoms with van der Waals surface area (Å²) in [5.74, 6) is 0.868. The van der Waals surface area contributed by atoms with E-state index in [1.165, 1.54) is 38.5 Å². The molecular formula is C10H17N. The van der Waals surface area contributed by atoms with Gasteiger partial charge in [0.25, 0.3) is 0 Å². The Morgan fingerprint density at radius 1 is 1.18 bits per heavy atom. The molecule has 0 spiro atoms. The largest absolute Gasteiger partial charge is 0.324 e. The molecule has 0 bridgehead atoms. The van der Waals surface area contributed by atoms with Crippen LogP contribution in [-0.4, -0.2) is 6.04 Å². The van der Waals surface area contributed by atoms with E-state index in [2.05, 4.69) is 6.08 Å². The summed E-state index contributed by atoms with van der Waals surface area (Å²) in [7, 11) is 0. The first kappa shape index (κ1) is 7.35. The lowest BCUT2D eigenvalue weighted by atomic mass is 9.75. The zero-order valence-electron chi connectivity index (χ0n) is 7.05. The quantitative estimate of drug-likeness (QED) is 0.528. The number of fused-ring (bicyclic) bond motifs is 1. The first-order valence-electron chi connectivity index (χ1n) is 4.83. The second-order valence-electron chi connectivity index (χ2n) is 3.87. The van der Waals surface area contributed by atoms with Crippen LogP contribution in [0.4, 0.5) is 0 Å². The van der Waals surface area contributed by atoms with E-state index in [1.807, 2.05) is 0 Å². The molecule has 0 aromatic carbocycles. The predicted octanol–water partition coefficient (Wildman–Crippen LogP) is 2.22. The SMILES string of the molecule is N[C@H]1CCC[C@H]2CCCC=C21. The van der Waals surface area contributed by atoms with Crippen molar-refractivity contribution in [1.82, 2.24) is 0 Å². The van der Waals surface area contributed by atoms with E-state index in [0.717, 1.165) is 5.92 Å². The maximum Gasteiger partial charge on any atom is 0.0256 e. The van der Waals surface area contributed by atoms with Crippen LogP contribution in [-0.2, 0) is 0 Å². The van der Waals surface area contributed by atoms with Crippen LogP contribution in [0.25, 0.3) is 0 Å². The van der Waals surface area contributed by atoms with Gasteiger partial charge >= 0.3 is 0 Å². The highest BCUT2D eigenvalue weighted by atomic mass is 14.6. The average Bonchev–Trinajstić information content (AvgIpc) is 2.06. The molecule has 0 amide bonds. The second kappa shape index (κ2) is 2.98. The number of hydrogen-bond donors (Lipinski definition) is 1. The van der Waals surface area contributed by atoms with Gasteiger partial charge in [0.05, 0.1) is 0 Å². The van der Waals surface area contributed by atoms with Crippen LogP contribution in [0.2, 0.25) is 0 Å². The number of hydrogen-bond acceptors (Lipinski definition) is 1. The van der Waals surface area contributed by atoms with Crippen LogP contribution in [0.3, 0.4) is 0 Å². The Labute approximate surface area is 68.7 Å². The van der Waals surface area contributed by atoms with E-state index < -0.39 is 0 Å². The Bertz CT molecular complexity index is 172. The van der Waals surface area contributed by atoms with Crippen molar-refractivity contribution in [3.05, 3.63) is 11.6 Å². The zero-order valence-corrected chi connectivity index (χ0v) is 7.05. The molecule has 0 aromatic heterocycles. The third-order valence-corrected chi connectivity index (χ3v) is 3.10. The molecule has 2 atom stereocenters. The van der Waals surface area contributed by atoms with Crippen LogP contribution in [0.1, 0.15) is 38.5 Å². The third kappa shape index (κ3) is 1.34. The molecule has 1 saturated carbocycles.